The van der Waals surface area contributed by atoms with Gasteiger partial charge in [-0.3, -0.25) is 0 Å². The number of hydrogen-bond donors (Lipinski definition) is 0. The summed E-state index contributed by atoms with van der Waals surface area (Å²) in [5.74, 6) is 0. The van der Waals surface area contributed by atoms with Gasteiger partial charge >= 0.3 is 0 Å². The molecule has 0 bridgehead atoms. The fourth-order valence-electron chi connectivity index (χ4n) is 3.56. The Labute approximate surface area is 194 Å². The summed E-state index contributed by atoms with van der Waals surface area (Å²) in [5, 5.41) is 0. The third-order valence-corrected chi connectivity index (χ3v) is 4.86. The molecule has 184 valence electrons. The molecule has 1 aromatic carbocycles. The zero-order valence-corrected chi connectivity index (χ0v) is 21.4. The first-order valence-electron chi connectivity index (χ1n) is 11.9. The van der Waals surface area contributed by atoms with Crippen molar-refractivity contribution in [2.24, 2.45) is 0 Å². The van der Waals surface area contributed by atoms with Gasteiger partial charge in [-0.1, -0.05) is 30.3 Å². The van der Waals surface area contributed by atoms with Crippen LogP contribution in [-0.2, 0) is 28.4 Å². The second-order valence-corrected chi connectivity index (χ2v) is 10.2. The minimum atomic E-state index is -0.540. The predicted octanol–water partition coefficient (Wildman–Crippen LogP) is 5.30. The number of rotatable bonds is 11. The molecule has 0 radical (unpaired) electrons. The minimum Gasteiger partial charge on any atom is -0.376 e. The van der Waals surface area contributed by atoms with E-state index in [9.17, 15) is 0 Å². The highest BCUT2D eigenvalue weighted by Crippen LogP contribution is 2.35. The van der Waals surface area contributed by atoms with Crippen molar-refractivity contribution in [1.29, 1.82) is 0 Å². The maximum absolute atomic E-state index is 6.54. The van der Waals surface area contributed by atoms with E-state index < -0.39 is 6.29 Å². The van der Waals surface area contributed by atoms with Crippen LogP contribution in [0.3, 0.4) is 0 Å². The second kappa shape index (κ2) is 12.4. The maximum Gasteiger partial charge on any atom is 0.184 e. The van der Waals surface area contributed by atoms with Crippen molar-refractivity contribution in [3.8, 4) is 0 Å². The first-order valence-corrected chi connectivity index (χ1v) is 11.9. The van der Waals surface area contributed by atoms with Gasteiger partial charge in [0.15, 0.2) is 6.29 Å². The van der Waals surface area contributed by atoms with E-state index in [0.29, 0.717) is 13.2 Å². The number of ether oxygens (including phenoxy) is 6. The van der Waals surface area contributed by atoms with Gasteiger partial charge in [0.25, 0.3) is 0 Å². The average molecular weight is 453 g/mol. The molecule has 0 aliphatic carbocycles. The van der Waals surface area contributed by atoms with E-state index in [1.54, 1.807) is 0 Å². The molecule has 1 aliphatic heterocycles. The highest BCUT2D eigenvalue weighted by molar-refractivity contribution is 5.17. The molecule has 0 amide bonds. The van der Waals surface area contributed by atoms with E-state index in [0.717, 1.165) is 5.56 Å². The third kappa shape index (κ3) is 9.08. The van der Waals surface area contributed by atoms with Crippen molar-refractivity contribution in [2.45, 2.75) is 117 Å². The zero-order chi connectivity index (χ0) is 23.9. The molecule has 5 atom stereocenters. The fourth-order valence-corrected chi connectivity index (χ4v) is 3.56. The lowest BCUT2D eigenvalue weighted by Crippen LogP contribution is -2.58. The molecule has 0 saturated carbocycles. The molecule has 6 heteroatoms. The Morgan fingerprint density at radius 3 is 2.06 bits per heavy atom. The minimum absolute atomic E-state index is 0.00670. The normalized spacial score (nSPS) is 25.6. The summed E-state index contributed by atoms with van der Waals surface area (Å²) in [6.45, 7) is 19.0. The maximum atomic E-state index is 6.54. The molecule has 32 heavy (non-hydrogen) atoms. The van der Waals surface area contributed by atoms with Crippen LogP contribution >= 0.6 is 0 Å². The van der Waals surface area contributed by atoms with Gasteiger partial charge in [-0.25, -0.2) is 0 Å². The van der Waals surface area contributed by atoms with Gasteiger partial charge in [0.2, 0.25) is 0 Å². The molecule has 0 aromatic heterocycles. The van der Waals surface area contributed by atoms with Crippen LogP contribution in [0.4, 0.5) is 0 Å². The molecule has 1 aromatic rings. The van der Waals surface area contributed by atoms with Crippen LogP contribution < -0.4 is 0 Å². The van der Waals surface area contributed by atoms with Crippen LogP contribution in [0.2, 0.25) is 0 Å². The van der Waals surface area contributed by atoms with Gasteiger partial charge in [-0.2, -0.15) is 0 Å². The van der Waals surface area contributed by atoms with E-state index >= 15 is 0 Å². The Kier molecular flexibility index (Phi) is 10.6. The van der Waals surface area contributed by atoms with Crippen LogP contribution in [0, 0.1) is 0 Å². The van der Waals surface area contributed by atoms with Crippen LogP contribution in [0.1, 0.15) is 74.2 Å². The summed E-state index contributed by atoms with van der Waals surface area (Å²) >= 11 is 0. The molecule has 6 nitrogen and oxygen atoms in total. The molecule has 1 aliphatic rings. The number of benzene rings is 1. The van der Waals surface area contributed by atoms with Crippen LogP contribution in [0.5, 0.6) is 0 Å². The van der Waals surface area contributed by atoms with Gasteiger partial charge in [0.1, 0.15) is 24.4 Å². The quantitative estimate of drug-likeness (QED) is 0.454. The van der Waals surface area contributed by atoms with Crippen molar-refractivity contribution in [3.05, 3.63) is 35.9 Å². The van der Waals surface area contributed by atoms with Crippen molar-refractivity contribution < 1.29 is 28.4 Å². The lowest BCUT2D eigenvalue weighted by molar-refractivity contribution is -0.331. The summed E-state index contributed by atoms with van der Waals surface area (Å²) in [4.78, 5) is 0. The van der Waals surface area contributed by atoms with E-state index in [2.05, 4.69) is 0 Å². The van der Waals surface area contributed by atoms with Crippen molar-refractivity contribution in [2.75, 3.05) is 13.2 Å². The molecule has 1 fully saturated rings. The third-order valence-electron chi connectivity index (χ3n) is 4.86. The van der Waals surface area contributed by atoms with Crippen LogP contribution in [-0.4, -0.2) is 61.5 Å². The lowest BCUT2D eigenvalue weighted by atomic mass is 9.99. The summed E-state index contributed by atoms with van der Waals surface area (Å²) in [5.41, 5.74) is 0.659. The molecular formula is C26H44O6. The molecule has 1 heterocycles. The molecule has 0 spiro atoms. The Bertz CT molecular complexity index is 639. The van der Waals surface area contributed by atoms with E-state index in [4.69, 9.17) is 28.4 Å². The highest BCUT2D eigenvalue weighted by Gasteiger charge is 2.46. The molecule has 0 N–H and O–H groups in total. The largest absolute Gasteiger partial charge is 0.376 e. The monoisotopic (exact) mass is 452 g/mol. The number of hydrogen-bond acceptors (Lipinski definition) is 6. The topological polar surface area (TPSA) is 55.4 Å². The Hall–Kier alpha value is -1.02. The van der Waals surface area contributed by atoms with Crippen LogP contribution in [0.25, 0.3) is 0 Å². The van der Waals surface area contributed by atoms with Gasteiger partial charge in [-0.05, 0) is 62.3 Å². The van der Waals surface area contributed by atoms with Gasteiger partial charge in [0.05, 0.1) is 37.1 Å². The van der Waals surface area contributed by atoms with E-state index in [-0.39, 0.29) is 48.3 Å². The molecule has 1 saturated heterocycles. The lowest BCUT2D eigenvalue weighted by Gasteiger charge is -2.45. The average Bonchev–Trinajstić information content (AvgIpc) is 2.69. The van der Waals surface area contributed by atoms with Gasteiger partial charge < -0.3 is 28.4 Å². The Balaban J connectivity index is 2.38. The SMILES string of the molecule is CC(C)OC[C@@H]1OC(c2ccccc2)O[C@H]([C@@H](COC(C)(C)C)OC(C)C)[C@@H]1OC(C)C. The summed E-state index contributed by atoms with van der Waals surface area (Å²) < 4.78 is 37.7. The summed E-state index contributed by atoms with van der Waals surface area (Å²) in [7, 11) is 0. The first kappa shape index (κ1) is 27.2. The van der Waals surface area contributed by atoms with Crippen LogP contribution in [0.15, 0.2) is 30.3 Å². The molecule has 1 unspecified atom stereocenters. The van der Waals surface area contributed by atoms with Gasteiger partial charge in [0, 0.05) is 5.56 Å². The van der Waals surface area contributed by atoms with E-state index in [1.807, 2.05) is 92.6 Å². The Morgan fingerprint density at radius 2 is 1.53 bits per heavy atom. The fraction of sp³-hybridized carbons (Fsp3) is 0.769. The smallest absolute Gasteiger partial charge is 0.184 e. The molecule has 2 rings (SSSR count). The summed E-state index contributed by atoms with van der Waals surface area (Å²) in [6.07, 6.45) is -1.83. The van der Waals surface area contributed by atoms with E-state index in [1.165, 1.54) is 0 Å². The van der Waals surface area contributed by atoms with Gasteiger partial charge in [-0.15, -0.1) is 0 Å². The first-order chi connectivity index (χ1) is 15.0. The van der Waals surface area contributed by atoms with Crippen molar-refractivity contribution >= 4 is 0 Å². The van der Waals surface area contributed by atoms with Crippen molar-refractivity contribution in [3.63, 3.8) is 0 Å². The molecular weight excluding hydrogens is 408 g/mol. The Morgan fingerprint density at radius 1 is 0.875 bits per heavy atom. The zero-order valence-electron chi connectivity index (χ0n) is 21.4. The standard InChI is InChI=1S/C26H44O6/c1-17(2)27-15-21-23(30-19(5)6)24(22(29-18(3)4)16-28-26(7,8)9)32-25(31-21)20-13-11-10-12-14-20/h10-14,17-19,21-25H,15-16H2,1-9H3/t21-,22+,23+,24+,25?/m0/s1. The highest BCUT2D eigenvalue weighted by atomic mass is 16.7. The summed E-state index contributed by atoms with van der Waals surface area (Å²) in [6, 6.07) is 9.97. The second-order valence-electron chi connectivity index (χ2n) is 10.2. The van der Waals surface area contributed by atoms with Crippen molar-refractivity contribution in [1.82, 2.24) is 0 Å². The predicted molar refractivity (Wildman–Crippen MR) is 126 cm³/mol.